The largest absolute Gasteiger partial charge is 0.322 e. The number of carbonyl (C=O) groups is 1. The van der Waals surface area contributed by atoms with Crippen LogP contribution in [0.5, 0.6) is 0 Å². The smallest absolute Gasteiger partial charge is 0.321 e. The Morgan fingerprint density at radius 1 is 1.29 bits per heavy atom. The number of anilines is 1. The molecule has 114 valence electrons. The van der Waals surface area contributed by atoms with E-state index in [0.29, 0.717) is 6.04 Å². The molecule has 5 heteroatoms. The van der Waals surface area contributed by atoms with E-state index in [1.165, 1.54) is 30.7 Å². The van der Waals surface area contributed by atoms with Crippen LogP contribution in [0.15, 0.2) is 29.2 Å². The first-order valence-corrected chi connectivity index (χ1v) is 8.93. The Kier molecular flexibility index (Phi) is 4.70. The molecule has 2 fully saturated rings. The maximum absolute atomic E-state index is 12.4. The Balaban J connectivity index is 1.60. The fourth-order valence-corrected chi connectivity index (χ4v) is 3.70. The van der Waals surface area contributed by atoms with Gasteiger partial charge in [0.15, 0.2) is 0 Å². The van der Waals surface area contributed by atoms with E-state index < -0.39 is 0 Å². The quantitative estimate of drug-likeness (QED) is 0.853. The van der Waals surface area contributed by atoms with Crippen LogP contribution in [0.3, 0.4) is 0 Å². The zero-order valence-corrected chi connectivity index (χ0v) is 13.4. The monoisotopic (exact) mass is 305 g/mol. The van der Waals surface area contributed by atoms with Crippen molar-refractivity contribution in [2.75, 3.05) is 37.8 Å². The van der Waals surface area contributed by atoms with Crippen LogP contribution in [-0.2, 0) is 0 Å². The highest BCUT2D eigenvalue weighted by molar-refractivity contribution is 7.98. The molecule has 1 atom stereocenters. The van der Waals surface area contributed by atoms with Crippen molar-refractivity contribution in [2.24, 2.45) is 0 Å². The van der Waals surface area contributed by atoms with Gasteiger partial charge < -0.3 is 10.2 Å². The van der Waals surface area contributed by atoms with Crippen LogP contribution >= 0.6 is 11.8 Å². The number of piperazine rings is 1. The minimum atomic E-state index is 0.0403. The van der Waals surface area contributed by atoms with Crippen molar-refractivity contribution in [3.8, 4) is 0 Å². The molecule has 0 radical (unpaired) electrons. The number of piperidine rings is 1. The highest BCUT2D eigenvalue weighted by atomic mass is 32.2. The Hall–Kier alpha value is -1.20. The van der Waals surface area contributed by atoms with E-state index in [9.17, 15) is 4.79 Å². The fourth-order valence-electron chi connectivity index (χ4n) is 3.24. The molecule has 1 N–H and O–H groups in total. The van der Waals surface area contributed by atoms with Crippen LogP contribution in [0.4, 0.5) is 10.5 Å². The van der Waals surface area contributed by atoms with Gasteiger partial charge in [-0.2, -0.15) is 0 Å². The summed E-state index contributed by atoms with van der Waals surface area (Å²) in [5, 5.41) is 3.04. The molecule has 1 aromatic rings. The van der Waals surface area contributed by atoms with Crippen molar-refractivity contribution < 1.29 is 4.79 Å². The van der Waals surface area contributed by atoms with Crippen molar-refractivity contribution in [1.29, 1.82) is 0 Å². The molecule has 21 heavy (non-hydrogen) atoms. The van der Waals surface area contributed by atoms with Gasteiger partial charge in [-0.3, -0.25) is 4.90 Å². The second kappa shape index (κ2) is 6.71. The predicted octanol–water partition coefficient (Wildman–Crippen LogP) is 3.11. The molecule has 0 bridgehead atoms. The predicted molar refractivity (Wildman–Crippen MR) is 88.0 cm³/mol. The summed E-state index contributed by atoms with van der Waals surface area (Å²) in [6, 6.07) is 8.63. The molecular weight excluding hydrogens is 282 g/mol. The molecule has 2 heterocycles. The lowest BCUT2D eigenvalue weighted by Gasteiger charge is -2.43. The number of carbonyl (C=O) groups excluding carboxylic acids is 1. The van der Waals surface area contributed by atoms with E-state index >= 15 is 0 Å². The van der Waals surface area contributed by atoms with Crippen LogP contribution in [0, 0.1) is 0 Å². The van der Waals surface area contributed by atoms with Gasteiger partial charge in [-0.05, 0) is 43.8 Å². The van der Waals surface area contributed by atoms with Crippen LogP contribution in [0.25, 0.3) is 0 Å². The number of nitrogens with one attached hydrogen (secondary N) is 1. The average Bonchev–Trinajstić information content (AvgIpc) is 2.54. The Morgan fingerprint density at radius 3 is 3.05 bits per heavy atom. The SMILES string of the molecule is CSc1cccc(NC(=O)N2CCN3CCCC[C@H]3C2)c1. The molecule has 2 aliphatic heterocycles. The molecule has 0 aromatic heterocycles. The number of hydrogen-bond acceptors (Lipinski definition) is 3. The summed E-state index contributed by atoms with van der Waals surface area (Å²) in [5.74, 6) is 0. The van der Waals surface area contributed by atoms with Gasteiger partial charge >= 0.3 is 6.03 Å². The zero-order valence-electron chi connectivity index (χ0n) is 12.5. The lowest BCUT2D eigenvalue weighted by molar-refractivity contribution is 0.0678. The van der Waals surface area contributed by atoms with Gasteiger partial charge in [0.25, 0.3) is 0 Å². The number of hydrogen-bond donors (Lipinski definition) is 1. The van der Waals surface area contributed by atoms with Crippen molar-refractivity contribution in [2.45, 2.75) is 30.2 Å². The summed E-state index contributed by atoms with van der Waals surface area (Å²) in [7, 11) is 0. The molecule has 2 aliphatic rings. The number of benzene rings is 1. The first-order valence-electron chi connectivity index (χ1n) is 7.70. The number of nitrogens with zero attached hydrogens (tertiary/aromatic N) is 2. The highest BCUT2D eigenvalue weighted by Crippen LogP contribution is 2.22. The van der Waals surface area contributed by atoms with E-state index in [-0.39, 0.29) is 6.03 Å². The lowest BCUT2D eigenvalue weighted by Crippen LogP contribution is -2.56. The number of amides is 2. The summed E-state index contributed by atoms with van der Waals surface area (Å²) < 4.78 is 0. The van der Waals surface area contributed by atoms with E-state index in [1.54, 1.807) is 11.8 Å². The third-order valence-electron chi connectivity index (χ3n) is 4.45. The van der Waals surface area contributed by atoms with Gasteiger partial charge in [0, 0.05) is 36.3 Å². The molecular formula is C16H23N3OS. The fraction of sp³-hybridized carbons (Fsp3) is 0.562. The summed E-state index contributed by atoms with van der Waals surface area (Å²) >= 11 is 1.69. The molecule has 4 nitrogen and oxygen atoms in total. The number of thioether (sulfide) groups is 1. The van der Waals surface area contributed by atoms with Crippen LogP contribution in [-0.4, -0.2) is 54.3 Å². The lowest BCUT2D eigenvalue weighted by atomic mass is 10.00. The van der Waals surface area contributed by atoms with E-state index in [0.717, 1.165) is 25.3 Å². The van der Waals surface area contributed by atoms with Gasteiger partial charge in [0.2, 0.25) is 0 Å². The molecule has 0 unspecified atom stereocenters. The molecule has 1 aromatic carbocycles. The zero-order chi connectivity index (χ0) is 14.7. The Bertz CT molecular complexity index is 508. The van der Waals surface area contributed by atoms with E-state index in [4.69, 9.17) is 0 Å². The standard InChI is InChI=1S/C16H23N3OS/c1-21-15-7-4-5-13(11-15)17-16(20)19-10-9-18-8-3-2-6-14(18)12-19/h4-5,7,11,14H,2-3,6,8-10,12H2,1H3,(H,17,20)/t14-/m0/s1. The van der Waals surface area contributed by atoms with Gasteiger partial charge in [0.1, 0.15) is 0 Å². The Morgan fingerprint density at radius 2 is 2.19 bits per heavy atom. The molecule has 3 rings (SSSR count). The minimum Gasteiger partial charge on any atom is -0.322 e. The molecule has 0 aliphatic carbocycles. The first kappa shape index (κ1) is 14.7. The Labute approximate surface area is 130 Å². The van der Waals surface area contributed by atoms with E-state index in [1.807, 2.05) is 29.4 Å². The third kappa shape index (κ3) is 3.52. The van der Waals surface area contributed by atoms with Gasteiger partial charge in [-0.25, -0.2) is 4.79 Å². The average molecular weight is 305 g/mol. The van der Waals surface area contributed by atoms with Crippen LogP contribution in [0.2, 0.25) is 0 Å². The topological polar surface area (TPSA) is 35.6 Å². The summed E-state index contributed by atoms with van der Waals surface area (Å²) in [4.78, 5) is 18.1. The van der Waals surface area contributed by atoms with Crippen LogP contribution < -0.4 is 5.32 Å². The number of fused-ring (bicyclic) bond motifs is 1. The van der Waals surface area contributed by atoms with Crippen molar-refractivity contribution in [3.05, 3.63) is 24.3 Å². The first-order chi connectivity index (χ1) is 10.3. The van der Waals surface area contributed by atoms with Crippen LogP contribution in [0.1, 0.15) is 19.3 Å². The van der Waals surface area contributed by atoms with Crippen molar-refractivity contribution in [3.63, 3.8) is 0 Å². The summed E-state index contributed by atoms with van der Waals surface area (Å²) in [6.45, 7) is 3.93. The van der Waals surface area contributed by atoms with Gasteiger partial charge in [-0.15, -0.1) is 11.8 Å². The number of urea groups is 1. The second-order valence-corrected chi connectivity index (χ2v) is 6.67. The van der Waals surface area contributed by atoms with Crippen molar-refractivity contribution >= 4 is 23.5 Å². The number of rotatable bonds is 2. The van der Waals surface area contributed by atoms with E-state index in [2.05, 4.69) is 16.3 Å². The summed E-state index contributed by atoms with van der Waals surface area (Å²) in [5.41, 5.74) is 0.887. The molecule has 0 spiro atoms. The van der Waals surface area contributed by atoms with Gasteiger partial charge in [-0.1, -0.05) is 12.5 Å². The summed E-state index contributed by atoms with van der Waals surface area (Å²) in [6.07, 6.45) is 5.88. The maximum Gasteiger partial charge on any atom is 0.321 e. The minimum absolute atomic E-state index is 0.0403. The normalized spacial score (nSPS) is 22.7. The maximum atomic E-state index is 12.4. The molecule has 0 saturated carbocycles. The third-order valence-corrected chi connectivity index (χ3v) is 5.17. The van der Waals surface area contributed by atoms with Crippen molar-refractivity contribution in [1.82, 2.24) is 9.80 Å². The highest BCUT2D eigenvalue weighted by Gasteiger charge is 2.30. The molecule has 2 saturated heterocycles. The van der Waals surface area contributed by atoms with Gasteiger partial charge in [0.05, 0.1) is 0 Å². The molecule has 2 amide bonds. The second-order valence-electron chi connectivity index (χ2n) is 5.79.